The number of hydrogen-bond acceptors (Lipinski definition) is 5. The van der Waals surface area contributed by atoms with Gasteiger partial charge in [0.05, 0.1) is 17.1 Å². The summed E-state index contributed by atoms with van der Waals surface area (Å²) in [7, 11) is 0. The van der Waals surface area contributed by atoms with E-state index in [2.05, 4.69) is 32.6 Å². The van der Waals surface area contributed by atoms with Gasteiger partial charge in [0.2, 0.25) is 0 Å². The van der Waals surface area contributed by atoms with E-state index in [4.69, 9.17) is 4.52 Å². The highest BCUT2D eigenvalue weighted by Gasteiger charge is 2.26. The quantitative estimate of drug-likeness (QED) is 0.643. The molecule has 1 fully saturated rings. The normalized spacial score (nSPS) is 18.2. The van der Waals surface area contributed by atoms with Gasteiger partial charge in [-0.2, -0.15) is 0 Å². The van der Waals surface area contributed by atoms with Gasteiger partial charge in [0, 0.05) is 43.2 Å². The number of aromatic nitrogens is 2. The van der Waals surface area contributed by atoms with E-state index >= 15 is 0 Å². The Labute approximate surface area is 176 Å². The average Bonchev–Trinajstić information content (AvgIpc) is 3.16. The van der Waals surface area contributed by atoms with Crippen molar-refractivity contribution in [2.24, 2.45) is 0 Å². The summed E-state index contributed by atoms with van der Waals surface area (Å²) >= 11 is 0. The summed E-state index contributed by atoms with van der Waals surface area (Å²) in [4.78, 5) is 9.41. The molecular formula is C24H27FN4O. The summed E-state index contributed by atoms with van der Waals surface area (Å²) in [5.41, 5.74) is 5.57. The molecule has 0 bridgehead atoms. The van der Waals surface area contributed by atoms with Crippen LogP contribution in [-0.2, 0) is 6.42 Å². The molecule has 0 radical (unpaired) electrons. The van der Waals surface area contributed by atoms with Crippen LogP contribution in [0, 0.1) is 12.7 Å². The van der Waals surface area contributed by atoms with Crippen LogP contribution in [0.1, 0.15) is 41.3 Å². The summed E-state index contributed by atoms with van der Waals surface area (Å²) in [6.45, 7) is 11.2. The van der Waals surface area contributed by atoms with Gasteiger partial charge in [-0.25, -0.2) is 4.39 Å². The molecule has 3 aromatic rings. The monoisotopic (exact) mass is 406 g/mol. The van der Waals surface area contributed by atoms with Crippen LogP contribution in [-0.4, -0.2) is 52.7 Å². The van der Waals surface area contributed by atoms with Gasteiger partial charge in [-0.05, 0) is 62.5 Å². The minimum atomic E-state index is -0.239. The van der Waals surface area contributed by atoms with Crippen molar-refractivity contribution >= 4 is 16.7 Å². The zero-order valence-electron chi connectivity index (χ0n) is 17.4. The standard InChI is InChI=1S/C24H27FN4O/c1-16-14-20-22(15-21(16)25)30-27-24(20)19-5-9-28(10-6-19)12-13-29-11-7-18-4-3-8-26-23(18)17(29)2/h3-4,8,14-15,19H,2,5-7,9-13H2,1H3. The lowest BCUT2D eigenvalue weighted by atomic mass is 9.91. The maximum Gasteiger partial charge on any atom is 0.170 e. The van der Waals surface area contributed by atoms with E-state index in [0.29, 0.717) is 17.1 Å². The Balaban J connectivity index is 1.18. The molecule has 4 heterocycles. The van der Waals surface area contributed by atoms with Crippen molar-refractivity contribution in [3.63, 3.8) is 0 Å². The fraction of sp³-hybridized carbons (Fsp3) is 0.417. The van der Waals surface area contributed by atoms with Gasteiger partial charge in [0.1, 0.15) is 5.82 Å². The second-order valence-corrected chi connectivity index (χ2v) is 8.48. The zero-order chi connectivity index (χ0) is 20.7. The molecule has 2 aromatic heterocycles. The number of hydrogen-bond donors (Lipinski definition) is 0. The summed E-state index contributed by atoms with van der Waals surface area (Å²) in [6.07, 6.45) is 4.97. The lowest BCUT2D eigenvalue weighted by Gasteiger charge is -2.36. The summed E-state index contributed by atoms with van der Waals surface area (Å²) in [5.74, 6) is 0.130. The molecule has 6 heteroatoms. The molecule has 2 aliphatic rings. The van der Waals surface area contributed by atoms with Gasteiger partial charge < -0.3 is 14.3 Å². The average molecular weight is 407 g/mol. The highest BCUT2D eigenvalue weighted by Crippen LogP contribution is 2.33. The first-order valence-electron chi connectivity index (χ1n) is 10.8. The summed E-state index contributed by atoms with van der Waals surface area (Å²) in [5, 5.41) is 5.25. The second-order valence-electron chi connectivity index (χ2n) is 8.48. The highest BCUT2D eigenvalue weighted by atomic mass is 19.1. The summed E-state index contributed by atoms with van der Waals surface area (Å²) < 4.78 is 19.2. The Bertz CT molecular complexity index is 1080. The fourth-order valence-corrected chi connectivity index (χ4v) is 4.76. The smallest absolute Gasteiger partial charge is 0.170 e. The van der Waals surface area contributed by atoms with Crippen molar-refractivity contribution in [2.45, 2.75) is 32.1 Å². The number of nitrogens with zero attached hydrogens (tertiary/aromatic N) is 4. The molecular weight excluding hydrogens is 379 g/mol. The number of rotatable bonds is 4. The van der Waals surface area contributed by atoms with Gasteiger partial charge in [0.15, 0.2) is 5.58 Å². The van der Waals surface area contributed by atoms with Crippen molar-refractivity contribution in [1.29, 1.82) is 0 Å². The Morgan fingerprint density at radius 1 is 1.20 bits per heavy atom. The van der Waals surface area contributed by atoms with Crippen molar-refractivity contribution in [2.75, 3.05) is 32.7 Å². The van der Waals surface area contributed by atoms with Crippen LogP contribution in [0.15, 0.2) is 41.6 Å². The van der Waals surface area contributed by atoms with Crippen LogP contribution in [0.25, 0.3) is 16.7 Å². The van der Waals surface area contributed by atoms with Crippen molar-refractivity contribution in [3.05, 3.63) is 65.4 Å². The SMILES string of the molecule is C=C1c2ncccc2CCN1CCN1CCC(c2noc3cc(F)c(C)cc23)CC1. The molecule has 0 atom stereocenters. The molecule has 0 unspecified atom stereocenters. The van der Waals surface area contributed by atoms with E-state index in [1.54, 1.807) is 6.92 Å². The molecule has 5 nitrogen and oxygen atoms in total. The molecule has 0 spiro atoms. The molecule has 0 aliphatic carbocycles. The van der Waals surface area contributed by atoms with Crippen LogP contribution in [0.2, 0.25) is 0 Å². The molecule has 2 aliphatic heterocycles. The first-order chi connectivity index (χ1) is 14.6. The second kappa shape index (κ2) is 7.84. The van der Waals surface area contributed by atoms with Crippen LogP contribution >= 0.6 is 0 Å². The third-order valence-electron chi connectivity index (χ3n) is 6.64. The van der Waals surface area contributed by atoms with E-state index in [1.807, 2.05) is 18.3 Å². The Morgan fingerprint density at radius 3 is 2.87 bits per heavy atom. The Kier molecular flexibility index (Phi) is 5.03. The third-order valence-corrected chi connectivity index (χ3v) is 6.64. The molecule has 156 valence electrons. The molecule has 0 amide bonds. The molecule has 0 saturated carbocycles. The van der Waals surface area contributed by atoms with E-state index < -0.39 is 0 Å². The van der Waals surface area contributed by atoms with E-state index in [0.717, 1.165) is 74.5 Å². The van der Waals surface area contributed by atoms with E-state index in [1.165, 1.54) is 11.6 Å². The first-order valence-corrected chi connectivity index (χ1v) is 10.8. The number of fused-ring (bicyclic) bond motifs is 2. The maximum atomic E-state index is 13.8. The van der Waals surface area contributed by atoms with Crippen LogP contribution in [0.5, 0.6) is 0 Å². The zero-order valence-corrected chi connectivity index (χ0v) is 17.4. The van der Waals surface area contributed by atoms with Crippen LogP contribution in [0.4, 0.5) is 4.39 Å². The number of pyridine rings is 1. The first kappa shape index (κ1) is 19.2. The molecule has 1 aromatic carbocycles. The fourth-order valence-electron chi connectivity index (χ4n) is 4.76. The van der Waals surface area contributed by atoms with Gasteiger partial charge in [-0.15, -0.1) is 0 Å². The predicted octanol–water partition coefficient (Wildman–Crippen LogP) is 4.38. The number of benzene rings is 1. The van der Waals surface area contributed by atoms with Gasteiger partial charge in [-0.3, -0.25) is 4.98 Å². The molecule has 5 rings (SSSR count). The van der Waals surface area contributed by atoms with E-state index in [-0.39, 0.29) is 5.82 Å². The number of likely N-dealkylation sites (tertiary alicyclic amines) is 1. The number of aryl methyl sites for hydroxylation is 1. The van der Waals surface area contributed by atoms with Crippen LogP contribution in [0.3, 0.4) is 0 Å². The molecule has 1 saturated heterocycles. The number of halogens is 1. The van der Waals surface area contributed by atoms with Gasteiger partial charge >= 0.3 is 0 Å². The highest BCUT2D eigenvalue weighted by molar-refractivity contribution is 5.80. The predicted molar refractivity (Wildman–Crippen MR) is 116 cm³/mol. The molecule has 30 heavy (non-hydrogen) atoms. The number of piperidine rings is 1. The van der Waals surface area contributed by atoms with Gasteiger partial charge in [-0.1, -0.05) is 17.8 Å². The van der Waals surface area contributed by atoms with Crippen molar-refractivity contribution in [1.82, 2.24) is 19.9 Å². The minimum absolute atomic E-state index is 0.239. The largest absolute Gasteiger partial charge is 0.369 e. The minimum Gasteiger partial charge on any atom is -0.369 e. The lowest BCUT2D eigenvalue weighted by molar-refractivity contribution is 0.191. The van der Waals surface area contributed by atoms with Gasteiger partial charge in [0.25, 0.3) is 0 Å². The third kappa shape index (κ3) is 3.49. The maximum absolute atomic E-state index is 13.8. The van der Waals surface area contributed by atoms with Crippen molar-refractivity contribution < 1.29 is 8.91 Å². The van der Waals surface area contributed by atoms with Crippen molar-refractivity contribution in [3.8, 4) is 0 Å². The van der Waals surface area contributed by atoms with E-state index in [9.17, 15) is 4.39 Å². The topological polar surface area (TPSA) is 45.4 Å². The van der Waals surface area contributed by atoms with Crippen LogP contribution < -0.4 is 0 Å². The molecule has 0 N–H and O–H groups in total. The Hall–Kier alpha value is -2.73. The Morgan fingerprint density at radius 2 is 2.03 bits per heavy atom. The lowest BCUT2D eigenvalue weighted by Crippen LogP contribution is -2.40. The summed E-state index contributed by atoms with van der Waals surface area (Å²) in [6, 6.07) is 7.48.